The minimum atomic E-state index is -0.176. The number of rotatable bonds is 10. The van der Waals surface area contributed by atoms with E-state index in [9.17, 15) is 4.79 Å². The van der Waals surface area contributed by atoms with Crippen LogP contribution in [0.15, 0.2) is 30.9 Å². The van der Waals surface area contributed by atoms with E-state index >= 15 is 0 Å². The van der Waals surface area contributed by atoms with Crippen molar-refractivity contribution in [2.45, 2.75) is 19.9 Å². The molecule has 1 aromatic carbocycles. The standard InChI is InChI=1S/C16H24N2O3/c1-4-8-17-11-13-6-7-14(20-3)10-15(13)21-12-16(19)18-9-5-2/h5-7,10,17H,2,4,8-9,11-12H2,1,3H3,(H,18,19). The van der Waals surface area contributed by atoms with Crippen LogP contribution in [-0.2, 0) is 11.3 Å². The molecule has 5 nitrogen and oxygen atoms in total. The van der Waals surface area contributed by atoms with Crippen molar-refractivity contribution in [3.63, 3.8) is 0 Å². The first kappa shape index (κ1) is 17.0. The topological polar surface area (TPSA) is 59.6 Å². The first-order valence-corrected chi connectivity index (χ1v) is 7.09. The van der Waals surface area contributed by atoms with Gasteiger partial charge in [-0.05, 0) is 19.0 Å². The number of methoxy groups -OCH3 is 1. The number of hydrogen-bond donors (Lipinski definition) is 2. The quantitative estimate of drug-likeness (QED) is 0.510. The molecule has 0 heterocycles. The fourth-order valence-electron chi connectivity index (χ4n) is 1.72. The van der Waals surface area contributed by atoms with Crippen LogP contribution in [0.3, 0.4) is 0 Å². The monoisotopic (exact) mass is 292 g/mol. The second-order valence-electron chi connectivity index (χ2n) is 4.53. The van der Waals surface area contributed by atoms with E-state index in [4.69, 9.17) is 9.47 Å². The average Bonchev–Trinajstić information content (AvgIpc) is 2.51. The SMILES string of the molecule is C=CCNC(=O)COc1cc(OC)ccc1CNCCC. The second kappa shape index (κ2) is 9.83. The number of benzene rings is 1. The van der Waals surface area contributed by atoms with Gasteiger partial charge in [0.1, 0.15) is 11.5 Å². The van der Waals surface area contributed by atoms with Gasteiger partial charge in [0.05, 0.1) is 7.11 Å². The Kier molecular flexibility index (Phi) is 7.97. The molecule has 0 aromatic heterocycles. The molecule has 0 spiro atoms. The third-order valence-corrected chi connectivity index (χ3v) is 2.82. The lowest BCUT2D eigenvalue weighted by Gasteiger charge is -2.13. The predicted octanol–water partition coefficient (Wildman–Crippen LogP) is 1.88. The molecule has 1 aromatic rings. The Balaban J connectivity index is 2.66. The Morgan fingerprint density at radius 1 is 1.43 bits per heavy atom. The average molecular weight is 292 g/mol. The number of hydrogen-bond acceptors (Lipinski definition) is 4. The molecule has 0 unspecified atom stereocenters. The number of nitrogens with one attached hydrogen (secondary N) is 2. The van der Waals surface area contributed by atoms with Crippen LogP contribution < -0.4 is 20.1 Å². The first-order chi connectivity index (χ1) is 10.2. The van der Waals surface area contributed by atoms with Gasteiger partial charge in [-0.1, -0.05) is 19.1 Å². The molecule has 116 valence electrons. The summed E-state index contributed by atoms with van der Waals surface area (Å²) in [6, 6.07) is 5.62. The number of amides is 1. The lowest BCUT2D eigenvalue weighted by molar-refractivity contribution is -0.122. The molecule has 1 rings (SSSR count). The minimum absolute atomic E-state index is 0.0260. The van der Waals surface area contributed by atoms with Crippen molar-refractivity contribution in [3.8, 4) is 11.5 Å². The summed E-state index contributed by atoms with van der Waals surface area (Å²) in [5, 5.41) is 5.99. The number of carbonyl (C=O) groups excluding carboxylic acids is 1. The molecular formula is C16H24N2O3. The molecule has 0 aliphatic heterocycles. The maximum atomic E-state index is 11.6. The van der Waals surface area contributed by atoms with Crippen LogP contribution in [0.25, 0.3) is 0 Å². The molecule has 0 fully saturated rings. The fraction of sp³-hybridized carbons (Fsp3) is 0.438. The molecule has 5 heteroatoms. The van der Waals surface area contributed by atoms with Gasteiger partial charge in [-0.3, -0.25) is 4.79 Å². The highest BCUT2D eigenvalue weighted by molar-refractivity contribution is 5.77. The van der Waals surface area contributed by atoms with Crippen molar-refractivity contribution in [1.82, 2.24) is 10.6 Å². The van der Waals surface area contributed by atoms with E-state index < -0.39 is 0 Å². The second-order valence-corrected chi connectivity index (χ2v) is 4.53. The molecule has 21 heavy (non-hydrogen) atoms. The third-order valence-electron chi connectivity index (χ3n) is 2.82. The maximum absolute atomic E-state index is 11.6. The lowest BCUT2D eigenvalue weighted by Crippen LogP contribution is -2.29. The Morgan fingerprint density at radius 2 is 2.24 bits per heavy atom. The van der Waals surface area contributed by atoms with Gasteiger partial charge in [0.25, 0.3) is 5.91 Å². The highest BCUT2D eigenvalue weighted by Crippen LogP contribution is 2.24. The Morgan fingerprint density at radius 3 is 2.90 bits per heavy atom. The van der Waals surface area contributed by atoms with Crippen molar-refractivity contribution in [2.75, 3.05) is 26.8 Å². The Hall–Kier alpha value is -2.01. The van der Waals surface area contributed by atoms with E-state index in [2.05, 4.69) is 24.1 Å². The van der Waals surface area contributed by atoms with Crippen molar-refractivity contribution in [1.29, 1.82) is 0 Å². The van der Waals surface area contributed by atoms with E-state index in [0.717, 1.165) is 18.5 Å². The fourth-order valence-corrected chi connectivity index (χ4v) is 1.72. The largest absolute Gasteiger partial charge is 0.497 e. The van der Waals surface area contributed by atoms with Gasteiger partial charge < -0.3 is 20.1 Å². The molecule has 0 saturated carbocycles. The van der Waals surface area contributed by atoms with Crippen LogP contribution in [0.4, 0.5) is 0 Å². The van der Waals surface area contributed by atoms with Crippen molar-refractivity contribution >= 4 is 5.91 Å². The minimum Gasteiger partial charge on any atom is -0.497 e. The van der Waals surface area contributed by atoms with Gasteiger partial charge in [-0.15, -0.1) is 6.58 Å². The van der Waals surface area contributed by atoms with Gasteiger partial charge in [0, 0.05) is 24.7 Å². The summed E-state index contributed by atoms with van der Waals surface area (Å²) in [6.07, 6.45) is 2.69. The maximum Gasteiger partial charge on any atom is 0.258 e. The van der Waals surface area contributed by atoms with Gasteiger partial charge >= 0.3 is 0 Å². The zero-order valence-electron chi connectivity index (χ0n) is 12.8. The van der Waals surface area contributed by atoms with Crippen LogP contribution in [-0.4, -0.2) is 32.7 Å². The highest BCUT2D eigenvalue weighted by atomic mass is 16.5. The summed E-state index contributed by atoms with van der Waals surface area (Å²) in [6.45, 7) is 7.70. The molecular weight excluding hydrogens is 268 g/mol. The van der Waals surface area contributed by atoms with Crippen LogP contribution in [0.5, 0.6) is 11.5 Å². The van der Waals surface area contributed by atoms with Crippen LogP contribution in [0, 0.1) is 0 Å². The Bertz CT molecular complexity index is 461. The van der Waals surface area contributed by atoms with Gasteiger partial charge in [0.15, 0.2) is 6.61 Å². The molecule has 0 aliphatic carbocycles. The smallest absolute Gasteiger partial charge is 0.258 e. The predicted molar refractivity (Wildman–Crippen MR) is 83.7 cm³/mol. The zero-order chi connectivity index (χ0) is 15.5. The van der Waals surface area contributed by atoms with Crippen molar-refractivity contribution in [2.24, 2.45) is 0 Å². The number of ether oxygens (including phenoxy) is 2. The highest BCUT2D eigenvalue weighted by Gasteiger charge is 2.08. The van der Waals surface area contributed by atoms with E-state index in [1.54, 1.807) is 19.3 Å². The van der Waals surface area contributed by atoms with Crippen molar-refractivity contribution < 1.29 is 14.3 Å². The molecule has 2 N–H and O–H groups in total. The van der Waals surface area contributed by atoms with Gasteiger partial charge in [0.2, 0.25) is 0 Å². The first-order valence-electron chi connectivity index (χ1n) is 7.09. The molecule has 0 bridgehead atoms. The van der Waals surface area contributed by atoms with E-state index in [-0.39, 0.29) is 12.5 Å². The number of carbonyl (C=O) groups is 1. The summed E-state index contributed by atoms with van der Waals surface area (Å²) in [5.74, 6) is 1.19. The van der Waals surface area contributed by atoms with Gasteiger partial charge in [-0.2, -0.15) is 0 Å². The molecule has 0 radical (unpaired) electrons. The summed E-state index contributed by atoms with van der Waals surface area (Å²) in [5.41, 5.74) is 1.00. The molecule has 0 atom stereocenters. The summed E-state index contributed by atoms with van der Waals surface area (Å²) >= 11 is 0. The van der Waals surface area contributed by atoms with Gasteiger partial charge in [-0.25, -0.2) is 0 Å². The van der Waals surface area contributed by atoms with Crippen molar-refractivity contribution in [3.05, 3.63) is 36.4 Å². The zero-order valence-corrected chi connectivity index (χ0v) is 12.8. The molecule has 0 aliphatic rings. The molecule has 0 saturated heterocycles. The summed E-state index contributed by atoms with van der Waals surface area (Å²) in [4.78, 5) is 11.6. The van der Waals surface area contributed by atoms with Crippen LogP contribution >= 0.6 is 0 Å². The van der Waals surface area contributed by atoms with Crippen LogP contribution in [0.2, 0.25) is 0 Å². The normalized spacial score (nSPS) is 10.0. The third kappa shape index (κ3) is 6.31. The lowest BCUT2D eigenvalue weighted by atomic mass is 10.2. The van der Waals surface area contributed by atoms with E-state index in [1.165, 1.54) is 0 Å². The van der Waals surface area contributed by atoms with E-state index in [1.807, 2.05) is 12.1 Å². The Labute approximate surface area is 126 Å². The van der Waals surface area contributed by atoms with E-state index in [0.29, 0.717) is 24.6 Å². The summed E-state index contributed by atoms with van der Waals surface area (Å²) < 4.78 is 10.8. The van der Waals surface area contributed by atoms with Crippen LogP contribution in [0.1, 0.15) is 18.9 Å². The summed E-state index contributed by atoms with van der Waals surface area (Å²) in [7, 11) is 1.60. The molecule has 1 amide bonds.